The first kappa shape index (κ1) is 22.7. The Labute approximate surface area is 182 Å². The molecule has 2 heterocycles. The normalized spacial score (nSPS) is 15.6. The number of benzene rings is 1. The molecule has 8 nitrogen and oxygen atoms in total. The van der Waals surface area contributed by atoms with Crippen LogP contribution in [0.5, 0.6) is 17.2 Å². The molecule has 8 heteroatoms. The molecule has 0 saturated carbocycles. The minimum atomic E-state index is -0.681. The SMILES string of the molecule is COc1cc(OC)c(C(=O)OCC(=O)c2cc(C)n(C[C@H]3CCCO3)c2C)cc1OC. The van der Waals surface area contributed by atoms with E-state index < -0.39 is 5.97 Å². The third-order valence-electron chi connectivity index (χ3n) is 5.54. The number of esters is 1. The smallest absolute Gasteiger partial charge is 0.342 e. The van der Waals surface area contributed by atoms with Gasteiger partial charge in [-0.1, -0.05) is 0 Å². The molecule has 3 rings (SSSR count). The molecule has 1 aliphatic rings. The summed E-state index contributed by atoms with van der Waals surface area (Å²) in [6.07, 6.45) is 2.25. The molecule has 0 bridgehead atoms. The number of methoxy groups -OCH3 is 3. The lowest BCUT2D eigenvalue weighted by Crippen LogP contribution is -2.18. The van der Waals surface area contributed by atoms with Crippen LogP contribution in [-0.2, 0) is 16.0 Å². The number of rotatable bonds is 9. The summed E-state index contributed by atoms with van der Waals surface area (Å²) in [6, 6.07) is 4.84. The van der Waals surface area contributed by atoms with Crippen LogP contribution >= 0.6 is 0 Å². The molecule has 1 aromatic carbocycles. The number of hydrogen-bond donors (Lipinski definition) is 0. The van der Waals surface area contributed by atoms with Crippen LogP contribution in [0.25, 0.3) is 0 Å². The molecule has 168 valence electrons. The summed E-state index contributed by atoms with van der Waals surface area (Å²) in [6.45, 7) is 4.98. The number of aromatic nitrogens is 1. The number of nitrogens with zero attached hydrogens (tertiary/aromatic N) is 1. The van der Waals surface area contributed by atoms with Crippen molar-refractivity contribution in [3.05, 3.63) is 40.7 Å². The Morgan fingerprint density at radius 1 is 1.00 bits per heavy atom. The number of Topliss-reactive ketones (excluding diaryl/α,β-unsaturated/α-hetero) is 1. The Morgan fingerprint density at radius 3 is 2.29 bits per heavy atom. The lowest BCUT2D eigenvalue weighted by Gasteiger charge is -2.15. The van der Waals surface area contributed by atoms with Crippen molar-refractivity contribution in [1.29, 1.82) is 0 Å². The van der Waals surface area contributed by atoms with Crippen molar-refractivity contribution in [2.45, 2.75) is 39.3 Å². The van der Waals surface area contributed by atoms with Crippen molar-refractivity contribution in [1.82, 2.24) is 4.57 Å². The third-order valence-corrected chi connectivity index (χ3v) is 5.54. The van der Waals surface area contributed by atoms with E-state index in [2.05, 4.69) is 4.57 Å². The molecular formula is C23H29NO7. The van der Waals surface area contributed by atoms with Gasteiger partial charge in [-0.2, -0.15) is 0 Å². The molecule has 31 heavy (non-hydrogen) atoms. The first-order valence-electron chi connectivity index (χ1n) is 10.2. The highest BCUT2D eigenvalue weighted by atomic mass is 16.5. The second-order valence-corrected chi connectivity index (χ2v) is 7.44. The summed E-state index contributed by atoms with van der Waals surface area (Å²) in [5.74, 6) is 0.105. The average Bonchev–Trinajstić information content (AvgIpc) is 3.39. The van der Waals surface area contributed by atoms with Crippen LogP contribution < -0.4 is 14.2 Å². The zero-order chi connectivity index (χ0) is 22.5. The van der Waals surface area contributed by atoms with Crippen molar-refractivity contribution < 1.29 is 33.3 Å². The van der Waals surface area contributed by atoms with Crippen molar-refractivity contribution in [3.8, 4) is 17.2 Å². The van der Waals surface area contributed by atoms with Crippen LogP contribution in [0.1, 0.15) is 44.9 Å². The highest BCUT2D eigenvalue weighted by Gasteiger charge is 2.23. The predicted molar refractivity (Wildman–Crippen MR) is 114 cm³/mol. The predicted octanol–water partition coefficient (Wildman–Crippen LogP) is 3.35. The van der Waals surface area contributed by atoms with E-state index in [0.717, 1.165) is 30.8 Å². The van der Waals surface area contributed by atoms with Gasteiger partial charge in [0.1, 0.15) is 11.3 Å². The zero-order valence-corrected chi connectivity index (χ0v) is 18.6. The van der Waals surface area contributed by atoms with E-state index in [4.69, 9.17) is 23.7 Å². The standard InChI is InChI=1S/C23H29NO7/c1-14-9-17(15(2)24(14)12-16-7-6-8-30-16)19(25)13-31-23(26)18-10-21(28-4)22(29-5)11-20(18)27-3/h9-11,16H,6-8,12-13H2,1-5H3/t16-/m1/s1. The van der Waals surface area contributed by atoms with Crippen LogP contribution in [0.4, 0.5) is 0 Å². The molecule has 0 radical (unpaired) electrons. The number of carbonyl (C=O) groups excluding carboxylic acids is 2. The highest BCUT2D eigenvalue weighted by Crippen LogP contribution is 2.35. The van der Waals surface area contributed by atoms with Gasteiger partial charge in [-0.3, -0.25) is 4.79 Å². The lowest BCUT2D eigenvalue weighted by molar-refractivity contribution is 0.0471. The quantitative estimate of drug-likeness (QED) is 0.445. The van der Waals surface area contributed by atoms with Gasteiger partial charge in [0, 0.05) is 42.2 Å². The second kappa shape index (κ2) is 9.87. The van der Waals surface area contributed by atoms with Gasteiger partial charge in [0.15, 0.2) is 18.1 Å². The molecule has 1 aliphatic heterocycles. The summed E-state index contributed by atoms with van der Waals surface area (Å²) >= 11 is 0. The number of ketones is 1. The summed E-state index contributed by atoms with van der Waals surface area (Å²) in [4.78, 5) is 25.4. The van der Waals surface area contributed by atoms with Crippen LogP contribution in [0, 0.1) is 13.8 Å². The number of carbonyl (C=O) groups is 2. The van der Waals surface area contributed by atoms with Crippen LogP contribution in [0.15, 0.2) is 18.2 Å². The minimum Gasteiger partial charge on any atom is -0.496 e. The molecule has 1 atom stereocenters. The monoisotopic (exact) mass is 431 g/mol. The molecule has 2 aromatic rings. The van der Waals surface area contributed by atoms with E-state index in [-0.39, 0.29) is 29.8 Å². The molecule has 1 aromatic heterocycles. The van der Waals surface area contributed by atoms with Crippen molar-refractivity contribution in [2.75, 3.05) is 34.5 Å². The van der Waals surface area contributed by atoms with Crippen molar-refractivity contribution in [2.24, 2.45) is 0 Å². The molecule has 0 amide bonds. The average molecular weight is 431 g/mol. The maximum atomic E-state index is 12.8. The highest BCUT2D eigenvalue weighted by molar-refractivity contribution is 6.01. The van der Waals surface area contributed by atoms with E-state index in [1.807, 2.05) is 19.9 Å². The van der Waals surface area contributed by atoms with Gasteiger partial charge < -0.3 is 28.3 Å². The molecule has 0 unspecified atom stereocenters. The molecular weight excluding hydrogens is 402 g/mol. The molecule has 0 aliphatic carbocycles. The summed E-state index contributed by atoms with van der Waals surface area (Å²) < 4.78 is 28.8. The van der Waals surface area contributed by atoms with E-state index in [1.165, 1.54) is 33.5 Å². The van der Waals surface area contributed by atoms with Gasteiger partial charge in [0.25, 0.3) is 0 Å². The number of aryl methyl sites for hydroxylation is 1. The number of hydrogen-bond acceptors (Lipinski definition) is 7. The fraction of sp³-hybridized carbons (Fsp3) is 0.478. The fourth-order valence-electron chi connectivity index (χ4n) is 3.83. The van der Waals surface area contributed by atoms with E-state index in [9.17, 15) is 9.59 Å². The molecule has 1 fully saturated rings. The van der Waals surface area contributed by atoms with Gasteiger partial charge in [-0.05, 0) is 32.8 Å². The van der Waals surface area contributed by atoms with E-state index in [0.29, 0.717) is 23.6 Å². The van der Waals surface area contributed by atoms with Crippen LogP contribution in [-0.4, -0.2) is 57.0 Å². The zero-order valence-electron chi connectivity index (χ0n) is 18.6. The first-order valence-corrected chi connectivity index (χ1v) is 10.2. The van der Waals surface area contributed by atoms with Crippen LogP contribution in [0.2, 0.25) is 0 Å². The maximum Gasteiger partial charge on any atom is 0.342 e. The van der Waals surface area contributed by atoms with Crippen molar-refractivity contribution in [3.63, 3.8) is 0 Å². The minimum absolute atomic E-state index is 0.150. The molecule has 1 saturated heterocycles. The van der Waals surface area contributed by atoms with Gasteiger partial charge >= 0.3 is 5.97 Å². The van der Waals surface area contributed by atoms with E-state index >= 15 is 0 Å². The van der Waals surface area contributed by atoms with Gasteiger partial charge in [0.2, 0.25) is 5.78 Å². The third kappa shape index (κ3) is 4.85. The Bertz CT molecular complexity index is 957. The second-order valence-electron chi connectivity index (χ2n) is 7.44. The maximum absolute atomic E-state index is 12.8. The Hall–Kier alpha value is -3.00. The summed E-state index contributed by atoms with van der Waals surface area (Å²) in [5, 5.41) is 0. The molecule has 0 N–H and O–H groups in total. The van der Waals surface area contributed by atoms with Crippen LogP contribution in [0.3, 0.4) is 0 Å². The van der Waals surface area contributed by atoms with Gasteiger partial charge in [0.05, 0.1) is 27.4 Å². The summed E-state index contributed by atoms with van der Waals surface area (Å²) in [7, 11) is 4.39. The Balaban J connectivity index is 1.71. The largest absolute Gasteiger partial charge is 0.496 e. The first-order chi connectivity index (χ1) is 14.9. The summed E-state index contributed by atoms with van der Waals surface area (Å²) in [5.41, 5.74) is 2.52. The van der Waals surface area contributed by atoms with E-state index in [1.54, 1.807) is 0 Å². The topological polar surface area (TPSA) is 85.2 Å². The van der Waals surface area contributed by atoms with Gasteiger partial charge in [-0.25, -0.2) is 4.79 Å². The Morgan fingerprint density at radius 2 is 1.68 bits per heavy atom. The van der Waals surface area contributed by atoms with Gasteiger partial charge in [-0.15, -0.1) is 0 Å². The lowest BCUT2D eigenvalue weighted by atomic mass is 10.1. The molecule has 0 spiro atoms. The van der Waals surface area contributed by atoms with Crippen molar-refractivity contribution >= 4 is 11.8 Å². The number of ether oxygens (including phenoxy) is 5. The Kier molecular flexibility index (Phi) is 7.22. The fourth-order valence-corrected chi connectivity index (χ4v) is 3.83.